The Kier molecular flexibility index (Phi) is 3.14. The number of hydrogen-bond donors (Lipinski definition) is 0. The highest BCUT2D eigenvalue weighted by atomic mass is 32.2. The molecule has 1 aromatic heterocycles. The number of aromatic nitrogens is 1. The number of benzene rings is 2. The molecule has 21 heavy (non-hydrogen) atoms. The van der Waals surface area contributed by atoms with Gasteiger partial charge in [0, 0.05) is 17.6 Å². The lowest BCUT2D eigenvalue weighted by molar-refractivity contribution is 0.588. The van der Waals surface area contributed by atoms with E-state index in [9.17, 15) is 8.42 Å². The predicted octanol–water partition coefficient (Wildman–Crippen LogP) is 3.60. The summed E-state index contributed by atoms with van der Waals surface area (Å²) >= 11 is 0. The molecule has 3 rings (SSSR count). The van der Waals surface area contributed by atoms with Crippen molar-refractivity contribution in [3.8, 4) is 0 Å². The highest BCUT2D eigenvalue weighted by Gasteiger charge is 2.21. The van der Waals surface area contributed by atoms with Gasteiger partial charge in [0.15, 0.2) is 0 Å². The summed E-state index contributed by atoms with van der Waals surface area (Å²) in [6.45, 7) is 5.74. The summed E-state index contributed by atoms with van der Waals surface area (Å²) in [6, 6.07) is 14.0. The number of nitrogens with zero attached hydrogens (tertiary/aromatic N) is 1. The molecular formula is C17H16NO2S. The first kappa shape index (κ1) is 13.9. The molecular weight excluding hydrogens is 282 g/mol. The number of rotatable bonds is 2. The van der Waals surface area contributed by atoms with Gasteiger partial charge in [-0.3, -0.25) is 0 Å². The van der Waals surface area contributed by atoms with Gasteiger partial charge in [-0.1, -0.05) is 24.3 Å². The lowest BCUT2D eigenvalue weighted by Crippen LogP contribution is -2.13. The van der Waals surface area contributed by atoms with Gasteiger partial charge >= 0.3 is 0 Å². The fraction of sp³-hybridized carbons (Fsp3) is 0.176. The van der Waals surface area contributed by atoms with Crippen LogP contribution in [0, 0.1) is 26.8 Å². The zero-order valence-corrected chi connectivity index (χ0v) is 13.0. The average molecular weight is 298 g/mol. The zero-order chi connectivity index (χ0) is 15.2. The molecule has 0 fully saturated rings. The molecule has 1 heterocycles. The first-order chi connectivity index (χ1) is 9.91. The summed E-state index contributed by atoms with van der Waals surface area (Å²) in [7, 11) is -3.61. The van der Waals surface area contributed by atoms with E-state index < -0.39 is 10.0 Å². The van der Waals surface area contributed by atoms with E-state index in [0.29, 0.717) is 10.4 Å². The van der Waals surface area contributed by atoms with Crippen molar-refractivity contribution in [3.05, 3.63) is 65.4 Å². The third-order valence-electron chi connectivity index (χ3n) is 3.81. The van der Waals surface area contributed by atoms with E-state index in [2.05, 4.69) is 6.07 Å². The average Bonchev–Trinajstić information content (AvgIpc) is 2.87. The van der Waals surface area contributed by atoms with Crippen molar-refractivity contribution in [1.29, 1.82) is 0 Å². The van der Waals surface area contributed by atoms with Crippen LogP contribution in [0.3, 0.4) is 0 Å². The highest BCUT2D eigenvalue weighted by Crippen LogP contribution is 2.25. The largest absolute Gasteiger partial charge is 0.268 e. The van der Waals surface area contributed by atoms with E-state index in [1.54, 1.807) is 12.1 Å². The maximum Gasteiger partial charge on any atom is 0.268 e. The maximum absolute atomic E-state index is 12.9. The number of aryl methyl sites for hydroxylation is 3. The Morgan fingerprint density at radius 3 is 2.38 bits per heavy atom. The summed E-state index contributed by atoms with van der Waals surface area (Å²) in [5.74, 6) is 0. The van der Waals surface area contributed by atoms with Gasteiger partial charge in [0.1, 0.15) is 0 Å². The molecule has 4 heteroatoms. The molecule has 1 radical (unpaired) electrons. The maximum atomic E-state index is 12.9. The highest BCUT2D eigenvalue weighted by molar-refractivity contribution is 7.90. The third kappa shape index (κ3) is 2.16. The molecule has 0 unspecified atom stereocenters. The molecule has 0 atom stereocenters. The molecule has 107 valence electrons. The van der Waals surface area contributed by atoms with Gasteiger partial charge < -0.3 is 0 Å². The first-order valence-corrected chi connectivity index (χ1v) is 8.16. The van der Waals surface area contributed by atoms with Gasteiger partial charge in [-0.25, -0.2) is 12.4 Å². The monoisotopic (exact) mass is 298 g/mol. The van der Waals surface area contributed by atoms with Gasteiger partial charge in [-0.15, -0.1) is 0 Å². The zero-order valence-electron chi connectivity index (χ0n) is 12.2. The summed E-state index contributed by atoms with van der Waals surface area (Å²) < 4.78 is 27.2. The van der Waals surface area contributed by atoms with Crippen molar-refractivity contribution in [2.24, 2.45) is 0 Å². The molecule has 2 aromatic carbocycles. The van der Waals surface area contributed by atoms with Crippen molar-refractivity contribution in [1.82, 2.24) is 3.97 Å². The fourth-order valence-electron chi connectivity index (χ4n) is 2.50. The standard InChI is InChI=1S/C17H16NO2S/c1-12-10-14(3)17(11-13(12)2)21(19,20)18-9-8-15-6-4-5-7-16(15)18/h4-7,9-11H,1-3H3. The Morgan fingerprint density at radius 2 is 1.62 bits per heavy atom. The van der Waals surface area contributed by atoms with Crippen molar-refractivity contribution in [2.75, 3.05) is 0 Å². The normalized spacial score (nSPS) is 12.0. The van der Waals surface area contributed by atoms with Crippen LogP contribution in [0.4, 0.5) is 0 Å². The molecule has 0 aliphatic heterocycles. The summed E-state index contributed by atoms with van der Waals surface area (Å²) in [5, 5.41) is 0.794. The minimum atomic E-state index is -3.61. The Morgan fingerprint density at radius 1 is 0.952 bits per heavy atom. The summed E-state index contributed by atoms with van der Waals surface area (Å²) in [6.07, 6.45) is 1.49. The Balaban J connectivity index is 2.29. The fourth-order valence-corrected chi connectivity index (χ4v) is 4.12. The molecule has 0 amide bonds. The minimum Gasteiger partial charge on any atom is -0.240 e. The SMILES string of the molecule is Cc1cc(C)c(S(=O)(=O)n2c[c]c3ccccc32)cc1C. The van der Waals surface area contributed by atoms with Crippen molar-refractivity contribution >= 4 is 20.9 Å². The number of hydrogen-bond acceptors (Lipinski definition) is 2. The summed E-state index contributed by atoms with van der Waals surface area (Å²) in [4.78, 5) is 0.348. The summed E-state index contributed by atoms with van der Waals surface area (Å²) in [5.41, 5.74) is 3.47. The van der Waals surface area contributed by atoms with Crippen LogP contribution >= 0.6 is 0 Å². The molecule has 0 spiro atoms. The van der Waals surface area contributed by atoms with Crippen LogP contribution < -0.4 is 0 Å². The van der Waals surface area contributed by atoms with Crippen LogP contribution in [0.2, 0.25) is 0 Å². The lowest BCUT2D eigenvalue weighted by atomic mass is 10.1. The predicted molar refractivity (Wildman–Crippen MR) is 84.0 cm³/mol. The van der Waals surface area contributed by atoms with Crippen LogP contribution in [0.25, 0.3) is 10.9 Å². The second-order valence-corrected chi connectivity index (χ2v) is 7.08. The van der Waals surface area contributed by atoms with Crippen LogP contribution in [-0.4, -0.2) is 12.4 Å². The van der Waals surface area contributed by atoms with Gasteiger partial charge in [0.05, 0.1) is 10.4 Å². The van der Waals surface area contributed by atoms with E-state index in [1.165, 1.54) is 10.2 Å². The molecule has 0 saturated heterocycles. The van der Waals surface area contributed by atoms with Crippen LogP contribution in [0.5, 0.6) is 0 Å². The molecule has 3 aromatic rings. The van der Waals surface area contributed by atoms with Crippen molar-refractivity contribution < 1.29 is 8.42 Å². The van der Waals surface area contributed by atoms with Crippen LogP contribution in [-0.2, 0) is 10.0 Å². The van der Waals surface area contributed by atoms with E-state index in [-0.39, 0.29) is 0 Å². The first-order valence-electron chi connectivity index (χ1n) is 6.72. The van der Waals surface area contributed by atoms with E-state index in [1.807, 2.05) is 45.0 Å². The topological polar surface area (TPSA) is 39.1 Å². The smallest absolute Gasteiger partial charge is 0.240 e. The van der Waals surface area contributed by atoms with Gasteiger partial charge in [-0.2, -0.15) is 0 Å². The molecule has 0 aliphatic carbocycles. The van der Waals surface area contributed by atoms with Crippen molar-refractivity contribution in [2.45, 2.75) is 25.7 Å². The molecule has 0 aliphatic rings. The third-order valence-corrected chi connectivity index (χ3v) is 5.62. The van der Waals surface area contributed by atoms with Crippen LogP contribution in [0.1, 0.15) is 16.7 Å². The van der Waals surface area contributed by atoms with E-state index in [0.717, 1.165) is 22.1 Å². The Hall–Kier alpha value is -2.07. The quantitative estimate of drug-likeness (QED) is 0.725. The van der Waals surface area contributed by atoms with E-state index in [4.69, 9.17) is 0 Å². The molecule has 3 nitrogen and oxygen atoms in total. The van der Waals surface area contributed by atoms with Gasteiger partial charge in [0.2, 0.25) is 0 Å². The Bertz CT molecular complexity index is 937. The van der Waals surface area contributed by atoms with Gasteiger partial charge in [0.25, 0.3) is 10.0 Å². The number of para-hydroxylation sites is 1. The van der Waals surface area contributed by atoms with Crippen LogP contribution in [0.15, 0.2) is 47.5 Å². The minimum absolute atomic E-state index is 0.348. The second-order valence-electron chi connectivity index (χ2n) is 5.29. The Labute approximate surface area is 124 Å². The molecule has 0 N–H and O–H groups in total. The lowest BCUT2D eigenvalue weighted by Gasteiger charge is -2.12. The second kappa shape index (κ2) is 4.74. The molecule has 0 saturated carbocycles. The number of fused-ring (bicyclic) bond motifs is 1. The molecule has 0 bridgehead atoms. The van der Waals surface area contributed by atoms with E-state index >= 15 is 0 Å². The van der Waals surface area contributed by atoms with Gasteiger partial charge in [-0.05, 0) is 49.6 Å². The van der Waals surface area contributed by atoms with Crippen molar-refractivity contribution in [3.63, 3.8) is 0 Å².